The standard InChI is InChI=1S/C11H8F5NO/c12-6-4-5-2-1-3-17(11(18)10(15)16)9(5)8(14)7(6)13/h4,10H,1-3H2. The van der Waals surface area contributed by atoms with E-state index >= 15 is 0 Å². The number of carbonyl (C=O) groups is 1. The van der Waals surface area contributed by atoms with Crippen molar-refractivity contribution in [3.8, 4) is 0 Å². The maximum absolute atomic E-state index is 13.6. The van der Waals surface area contributed by atoms with Crippen LogP contribution >= 0.6 is 0 Å². The molecule has 0 fully saturated rings. The van der Waals surface area contributed by atoms with E-state index in [0.29, 0.717) is 4.90 Å². The molecule has 0 aliphatic carbocycles. The van der Waals surface area contributed by atoms with E-state index < -0.39 is 35.5 Å². The van der Waals surface area contributed by atoms with Crippen LogP contribution in [0.1, 0.15) is 12.0 Å². The first-order chi connectivity index (χ1) is 8.43. The summed E-state index contributed by atoms with van der Waals surface area (Å²) in [7, 11) is 0. The number of nitrogens with zero attached hydrogens (tertiary/aromatic N) is 1. The number of fused-ring (bicyclic) bond motifs is 1. The van der Waals surface area contributed by atoms with E-state index in [1.165, 1.54) is 0 Å². The highest BCUT2D eigenvalue weighted by molar-refractivity contribution is 5.96. The number of alkyl halides is 2. The maximum atomic E-state index is 13.6. The van der Waals surface area contributed by atoms with E-state index in [2.05, 4.69) is 0 Å². The minimum absolute atomic E-state index is 0.0200. The quantitative estimate of drug-likeness (QED) is 0.564. The van der Waals surface area contributed by atoms with Gasteiger partial charge >= 0.3 is 6.43 Å². The van der Waals surface area contributed by atoms with Gasteiger partial charge in [-0.2, -0.15) is 8.78 Å². The van der Waals surface area contributed by atoms with Gasteiger partial charge in [-0.1, -0.05) is 0 Å². The Bertz CT molecular complexity index is 503. The number of rotatable bonds is 1. The molecule has 0 atom stereocenters. The second kappa shape index (κ2) is 4.55. The Morgan fingerprint density at radius 3 is 2.50 bits per heavy atom. The first kappa shape index (κ1) is 12.8. The highest BCUT2D eigenvalue weighted by Crippen LogP contribution is 2.33. The lowest BCUT2D eigenvalue weighted by Crippen LogP contribution is -2.40. The molecule has 2 nitrogen and oxygen atoms in total. The predicted molar refractivity (Wildman–Crippen MR) is 53.0 cm³/mol. The molecular formula is C11H8F5NO. The molecule has 1 aliphatic heterocycles. The minimum atomic E-state index is -3.32. The molecule has 2 rings (SSSR count). The number of aryl methyl sites for hydroxylation is 1. The summed E-state index contributed by atoms with van der Waals surface area (Å²) in [5.74, 6) is -6.36. The molecule has 0 saturated heterocycles. The first-order valence-corrected chi connectivity index (χ1v) is 5.19. The summed E-state index contributed by atoms with van der Waals surface area (Å²) in [4.78, 5) is 11.7. The predicted octanol–water partition coefficient (Wildman–Crippen LogP) is 2.65. The van der Waals surface area contributed by atoms with Gasteiger partial charge in [0.25, 0.3) is 5.91 Å². The topological polar surface area (TPSA) is 20.3 Å². The van der Waals surface area contributed by atoms with E-state index in [9.17, 15) is 26.7 Å². The van der Waals surface area contributed by atoms with Crippen LogP contribution in [0.5, 0.6) is 0 Å². The van der Waals surface area contributed by atoms with Crippen molar-refractivity contribution in [3.63, 3.8) is 0 Å². The number of benzene rings is 1. The van der Waals surface area contributed by atoms with Crippen molar-refractivity contribution in [2.75, 3.05) is 11.4 Å². The molecule has 18 heavy (non-hydrogen) atoms. The summed E-state index contributed by atoms with van der Waals surface area (Å²) in [6, 6.07) is 0.735. The van der Waals surface area contributed by atoms with Gasteiger partial charge in [-0.05, 0) is 24.5 Å². The molecule has 1 aromatic carbocycles. The monoisotopic (exact) mass is 265 g/mol. The van der Waals surface area contributed by atoms with Crippen molar-refractivity contribution in [2.24, 2.45) is 0 Å². The number of halogens is 5. The number of hydrogen-bond donors (Lipinski definition) is 0. The van der Waals surface area contributed by atoms with Gasteiger partial charge in [0.2, 0.25) is 0 Å². The van der Waals surface area contributed by atoms with Gasteiger partial charge in [-0.3, -0.25) is 4.79 Å². The molecule has 1 aromatic rings. The third-order valence-electron chi connectivity index (χ3n) is 2.77. The summed E-state index contributed by atoms with van der Waals surface area (Å²) in [5.41, 5.74) is -0.558. The van der Waals surface area contributed by atoms with Crippen LogP contribution in [0.25, 0.3) is 0 Å². The van der Waals surface area contributed by atoms with Gasteiger partial charge in [0.15, 0.2) is 17.5 Å². The summed E-state index contributed by atoms with van der Waals surface area (Å²) in [5, 5.41) is 0. The largest absolute Gasteiger partial charge is 0.316 e. The van der Waals surface area contributed by atoms with Crippen LogP contribution < -0.4 is 4.90 Å². The van der Waals surface area contributed by atoms with Crippen molar-refractivity contribution in [2.45, 2.75) is 19.3 Å². The summed E-state index contributed by atoms with van der Waals surface area (Å²) in [6.07, 6.45) is -2.82. The van der Waals surface area contributed by atoms with E-state index in [1.54, 1.807) is 0 Å². The van der Waals surface area contributed by atoms with Crippen molar-refractivity contribution in [1.29, 1.82) is 0 Å². The molecule has 0 bridgehead atoms. The molecule has 98 valence electrons. The fourth-order valence-electron chi connectivity index (χ4n) is 1.99. The molecule has 0 unspecified atom stereocenters. The van der Waals surface area contributed by atoms with Gasteiger partial charge in [0.1, 0.15) is 0 Å². The molecule has 0 spiro atoms. The highest BCUT2D eigenvalue weighted by Gasteiger charge is 2.33. The number of hydrogen-bond acceptors (Lipinski definition) is 1. The van der Waals surface area contributed by atoms with Crippen molar-refractivity contribution < 1.29 is 26.7 Å². The summed E-state index contributed by atoms with van der Waals surface area (Å²) >= 11 is 0. The Balaban J connectivity index is 2.55. The zero-order valence-corrected chi connectivity index (χ0v) is 9.02. The van der Waals surface area contributed by atoms with Crippen LogP contribution in [-0.2, 0) is 11.2 Å². The van der Waals surface area contributed by atoms with E-state index in [1.807, 2.05) is 0 Å². The van der Waals surface area contributed by atoms with E-state index in [0.717, 1.165) is 6.07 Å². The molecule has 7 heteroatoms. The molecule has 1 amide bonds. The second-order valence-corrected chi connectivity index (χ2v) is 3.89. The zero-order chi connectivity index (χ0) is 13.4. The molecule has 0 radical (unpaired) electrons. The molecule has 0 aromatic heterocycles. The Morgan fingerprint density at radius 1 is 1.22 bits per heavy atom. The fraction of sp³-hybridized carbons (Fsp3) is 0.364. The fourth-order valence-corrected chi connectivity index (χ4v) is 1.99. The van der Waals surface area contributed by atoms with Crippen molar-refractivity contribution in [3.05, 3.63) is 29.1 Å². The van der Waals surface area contributed by atoms with Gasteiger partial charge in [-0.15, -0.1) is 0 Å². The van der Waals surface area contributed by atoms with E-state index in [-0.39, 0.29) is 24.9 Å². The molecule has 1 heterocycles. The summed E-state index contributed by atoms with van der Waals surface area (Å²) < 4.78 is 64.3. The van der Waals surface area contributed by atoms with Gasteiger partial charge in [-0.25, -0.2) is 13.2 Å². The van der Waals surface area contributed by atoms with Crippen LogP contribution in [0.4, 0.5) is 27.6 Å². The van der Waals surface area contributed by atoms with Crippen LogP contribution in [0, 0.1) is 17.5 Å². The SMILES string of the molecule is O=C(C(F)F)N1CCCc2cc(F)c(F)c(F)c21. The van der Waals surface area contributed by atoms with Gasteiger partial charge < -0.3 is 4.90 Å². The number of anilines is 1. The average Bonchev–Trinajstić information content (AvgIpc) is 2.34. The zero-order valence-electron chi connectivity index (χ0n) is 9.02. The molecule has 0 saturated carbocycles. The lowest BCUT2D eigenvalue weighted by molar-refractivity contribution is -0.129. The van der Waals surface area contributed by atoms with Gasteiger partial charge in [0.05, 0.1) is 5.69 Å². The first-order valence-electron chi connectivity index (χ1n) is 5.19. The lowest BCUT2D eigenvalue weighted by Gasteiger charge is -2.29. The third-order valence-corrected chi connectivity index (χ3v) is 2.77. The van der Waals surface area contributed by atoms with Crippen LogP contribution in [0.15, 0.2) is 6.07 Å². The average molecular weight is 265 g/mol. The Hall–Kier alpha value is -1.66. The van der Waals surface area contributed by atoms with Gasteiger partial charge in [0, 0.05) is 6.54 Å². The molecular weight excluding hydrogens is 257 g/mol. The number of carbonyl (C=O) groups excluding carboxylic acids is 1. The van der Waals surface area contributed by atoms with Crippen LogP contribution in [0.3, 0.4) is 0 Å². The third kappa shape index (κ3) is 1.93. The number of amides is 1. The molecule has 0 N–H and O–H groups in total. The van der Waals surface area contributed by atoms with Crippen molar-refractivity contribution >= 4 is 11.6 Å². The Kier molecular flexibility index (Phi) is 3.23. The highest BCUT2D eigenvalue weighted by atomic mass is 19.3. The Morgan fingerprint density at radius 2 is 1.89 bits per heavy atom. The lowest BCUT2D eigenvalue weighted by atomic mass is 10.0. The van der Waals surface area contributed by atoms with Crippen LogP contribution in [0.2, 0.25) is 0 Å². The Labute approximate surface area is 99.0 Å². The summed E-state index contributed by atoms with van der Waals surface area (Å²) in [6.45, 7) is -0.141. The maximum Gasteiger partial charge on any atom is 0.316 e. The normalized spacial score (nSPS) is 14.9. The smallest absolute Gasteiger partial charge is 0.304 e. The second-order valence-electron chi connectivity index (χ2n) is 3.89. The van der Waals surface area contributed by atoms with E-state index in [4.69, 9.17) is 0 Å². The molecule has 1 aliphatic rings. The minimum Gasteiger partial charge on any atom is -0.304 e. The van der Waals surface area contributed by atoms with Crippen molar-refractivity contribution in [1.82, 2.24) is 0 Å². The van der Waals surface area contributed by atoms with Crippen LogP contribution in [-0.4, -0.2) is 18.9 Å².